The number of pyridine rings is 1. The molecule has 7 heteroatoms. The monoisotopic (exact) mass is 354 g/mol. The lowest BCUT2D eigenvalue weighted by Gasteiger charge is -2.25. The minimum atomic E-state index is -0.161. The van der Waals surface area contributed by atoms with Crippen molar-refractivity contribution in [2.75, 3.05) is 6.54 Å². The number of hydrogen-bond acceptors (Lipinski definition) is 5. The molecular weight excluding hydrogens is 332 g/mol. The second-order valence-corrected chi connectivity index (χ2v) is 6.99. The largest absolute Gasteiger partial charge is 0.352 e. The standard InChI is InChI=1S/C19H22N4O3/c24-17-8-7-14(21-17)12-23(11-13-4-3-9-20-10-13)19(25)18-15-5-1-2-6-16(15)22-26-18/h3-4,9-10,14H,1-2,5-8,11-12H2,(H,21,24)/t14-/m0/s1. The summed E-state index contributed by atoms with van der Waals surface area (Å²) in [7, 11) is 0. The molecule has 1 fully saturated rings. The Labute approximate surface area is 151 Å². The van der Waals surface area contributed by atoms with E-state index in [1.165, 1.54) is 0 Å². The van der Waals surface area contributed by atoms with Crippen molar-refractivity contribution in [3.63, 3.8) is 0 Å². The molecule has 1 aliphatic carbocycles. The molecule has 2 aromatic rings. The third kappa shape index (κ3) is 3.47. The fourth-order valence-corrected chi connectivity index (χ4v) is 3.71. The van der Waals surface area contributed by atoms with E-state index < -0.39 is 0 Å². The van der Waals surface area contributed by atoms with Crippen LogP contribution < -0.4 is 5.32 Å². The molecule has 2 aromatic heterocycles. The molecule has 0 spiro atoms. The van der Waals surface area contributed by atoms with Crippen LogP contribution in [-0.4, -0.2) is 39.4 Å². The first kappa shape index (κ1) is 16.8. The van der Waals surface area contributed by atoms with Crippen molar-refractivity contribution in [1.82, 2.24) is 20.4 Å². The second-order valence-electron chi connectivity index (χ2n) is 6.99. The zero-order valence-corrected chi connectivity index (χ0v) is 14.6. The van der Waals surface area contributed by atoms with Crippen molar-refractivity contribution in [2.45, 2.75) is 51.1 Å². The predicted molar refractivity (Wildman–Crippen MR) is 93.3 cm³/mol. The number of aryl methyl sites for hydroxylation is 1. The van der Waals surface area contributed by atoms with Crippen LogP contribution in [0.1, 0.15) is 53.1 Å². The van der Waals surface area contributed by atoms with Gasteiger partial charge in [-0.25, -0.2) is 0 Å². The van der Waals surface area contributed by atoms with Crippen molar-refractivity contribution < 1.29 is 14.1 Å². The van der Waals surface area contributed by atoms with E-state index in [1.807, 2.05) is 12.1 Å². The van der Waals surface area contributed by atoms with E-state index in [9.17, 15) is 9.59 Å². The van der Waals surface area contributed by atoms with Gasteiger partial charge in [0.25, 0.3) is 5.91 Å². The zero-order chi connectivity index (χ0) is 17.9. The quantitative estimate of drug-likeness (QED) is 0.885. The average Bonchev–Trinajstić information content (AvgIpc) is 3.27. The number of carbonyl (C=O) groups is 2. The molecule has 0 unspecified atom stereocenters. The van der Waals surface area contributed by atoms with Gasteiger partial charge in [-0.1, -0.05) is 11.2 Å². The SMILES string of the molecule is O=C1CC[C@@H](CN(Cc2cccnc2)C(=O)c2onc3c2CCCC3)N1. The van der Waals surface area contributed by atoms with Gasteiger partial charge in [-0.3, -0.25) is 14.6 Å². The Bertz CT molecular complexity index is 802. The highest BCUT2D eigenvalue weighted by Gasteiger charge is 2.31. The minimum Gasteiger partial charge on any atom is -0.352 e. The fraction of sp³-hybridized carbons (Fsp3) is 0.474. The van der Waals surface area contributed by atoms with E-state index in [4.69, 9.17) is 4.52 Å². The normalized spacial score (nSPS) is 19.1. The first-order chi connectivity index (χ1) is 12.7. The number of fused-ring (bicyclic) bond motifs is 1. The summed E-state index contributed by atoms with van der Waals surface area (Å²) in [5.74, 6) is 0.236. The molecule has 4 rings (SSSR count). The smallest absolute Gasteiger partial charge is 0.293 e. The first-order valence-electron chi connectivity index (χ1n) is 9.15. The molecule has 3 heterocycles. The maximum absolute atomic E-state index is 13.2. The molecule has 7 nitrogen and oxygen atoms in total. The lowest BCUT2D eigenvalue weighted by Crippen LogP contribution is -2.41. The number of rotatable bonds is 5. The van der Waals surface area contributed by atoms with Crippen LogP contribution in [0.15, 0.2) is 29.0 Å². The molecule has 0 bridgehead atoms. The number of hydrogen-bond donors (Lipinski definition) is 1. The lowest BCUT2D eigenvalue weighted by atomic mass is 9.95. The van der Waals surface area contributed by atoms with Crippen LogP contribution in [0.3, 0.4) is 0 Å². The van der Waals surface area contributed by atoms with Gasteiger partial charge in [-0.15, -0.1) is 0 Å². The average molecular weight is 354 g/mol. The molecule has 1 atom stereocenters. The molecule has 2 amide bonds. The summed E-state index contributed by atoms with van der Waals surface area (Å²) in [4.78, 5) is 30.6. The summed E-state index contributed by atoms with van der Waals surface area (Å²) >= 11 is 0. The molecule has 1 saturated heterocycles. The molecular formula is C19H22N4O3. The third-order valence-electron chi connectivity index (χ3n) is 5.06. The highest BCUT2D eigenvalue weighted by Crippen LogP contribution is 2.25. The van der Waals surface area contributed by atoms with Gasteiger partial charge in [0.1, 0.15) is 0 Å². The Morgan fingerprint density at radius 3 is 2.96 bits per heavy atom. The van der Waals surface area contributed by atoms with Crippen molar-refractivity contribution in [2.24, 2.45) is 0 Å². The van der Waals surface area contributed by atoms with E-state index in [-0.39, 0.29) is 17.9 Å². The van der Waals surface area contributed by atoms with Gasteiger partial charge < -0.3 is 14.7 Å². The Kier molecular flexibility index (Phi) is 4.69. The Morgan fingerprint density at radius 2 is 2.19 bits per heavy atom. The van der Waals surface area contributed by atoms with Crippen LogP contribution in [0.25, 0.3) is 0 Å². The van der Waals surface area contributed by atoms with Crippen LogP contribution in [0.4, 0.5) is 0 Å². The molecule has 0 saturated carbocycles. The molecule has 1 aliphatic heterocycles. The molecule has 136 valence electrons. The zero-order valence-electron chi connectivity index (χ0n) is 14.6. The predicted octanol–water partition coefficient (Wildman–Crippen LogP) is 1.87. The molecule has 0 radical (unpaired) electrons. The summed E-state index contributed by atoms with van der Waals surface area (Å²) in [5, 5.41) is 7.04. The lowest BCUT2D eigenvalue weighted by molar-refractivity contribution is -0.119. The van der Waals surface area contributed by atoms with E-state index >= 15 is 0 Å². The van der Waals surface area contributed by atoms with Gasteiger partial charge in [-0.05, 0) is 43.7 Å². The summed E-state index contributed by atoms with van der Waals surface area (Å²) in [6.07, 6.45) is 8.55. The molecule has 26 heavy (non-hydrogen) atoms. The highest BCUT2D eigenvalue weighted by atomic mass is 16.5. The topological polar surface area (TPSA) is 88.3 Å². The van der Waals surface area contributed by atoms with Gasteiger partial charge in [0.15, 0.2) is 0 Å². The van der Waals surface area contributed by atoms with E-state index in [0.717, 1.165) is 48.9 Å². The van der Waals surface area contributed by atoms with E-state index in [2.05, 4.69) is 15.5 Å². The second kappa shape index (κ2) is 7.27. The Hall–Kier alpha value is -2.70. The van der Waals surface area contributed by atoms with Gasteiger partial charge in [0, 0.05) is 43.5 Å². The van der Waals surface area contributed by atoms with Crippen molar-refractivity contribution in [3.05, 3.63) is 47.1 Å². The highest BCUT2D eigenvalue weighted by molar-refractivity contribution is 5.93. The maximum Gasteiger partial charge on any atom is 0.293 e. The number of aromatic nitrogens is 2. The summed E-state index contributed by atoms with van der Waals surface area (Å²) < 4.78 is 5.44. The molecule has 1 N–H and O–H groups in total. The maximum atomic E-state index is 13.2. The fourth-order valence-electron chi connectivity index (χ4n) is 3.71. The number of amides is 2. The van der Waals surface area contributed by atoms with Crippen LogP contribution in [0.5, 0.6) is 0 Å². The van der Waals surface area contributed by atoms with Gasteiger partial charge >= 0.3 is 0 Å². The van der Waals surface area contributed by atoms with Crippen LogP contribution in [0.2, 0.25) is 0 Å². The summed E-state index contributed by atoms with van der Waals surface area (Å²) in [6.45, 7) is 0.878. The summed E-state index contributed by atoms with van der Waals surface area (Å²) in [5.41, 5.74) is 2.81. The Balaban J connectivity index is 1.57. The van der Waals surface area contributed by atoms with Crippen LogP contribution in [0, 0.1) is 0 Å². The van der Waals surface area contributed by atoms with Gasteiger partial charge in [0.2, 0.25) is 11.7 Å². The Morgan fingerprint density at radius 1 is 1.31 bits per heavy atom. The van der Waals surface area contributed by atoms with Crippen LogP contribution in [-0.2, 0) is 24.2 Å². The minimum absolute atomic E-state index is 0.0260. The number of nitrogens with one attached hydrogen (secondary N) is 1. The number of nitrogens with zero attached hydrogens (tertiary/aromatic N) is 3. The van der Waals surface area contributed by atoms with Crippen molar-refractivity contribution >= 4 is 11.8 Å². The van der Waals surface area contributed by atoms with Gasteiger partial charge in [0.05, 0.1) is 5.69 Å². The van der Waals surface area contributed by atoms with Crippen molar-refractivity contribution in [3.8, 4) is 0 Å². The van der Waals surface area contributed by atoms with Gasteiger partial charge in [-0.2, -0.15) is 0 Å². The number of carbonyl (C=O) groups excluding carboxylic acids is 2. The first-order valence-corrected chi connectivity index (χ1v) is 9.15. The summed E-state index contributed by atoms with van der Waals surface area (Å²) in [6, 6.07) is 3.77. The third-order valence-corrected chi connectivity index (χ3v) is 5.06. The van der Waals surface area contributed by atoms with E-state index in [1.54, 1.807) is 17.3 Å². The molecule has 2 aliphatic rings. The van der Waals surface area contributed by atoms with E-state index in [0.29, 0.717) is 25.3 Å². The molecule has 0 aromatic carbocycles. The van der Waals surface area contributed by atoms with Crippen LogP contribution >= 0.6 is 0 Å². The van der Waals surface area contributed by atoms with Crippen molar-refractivity contribution in [1.29, 1.82) is 0 Å².